The van der Waals surface area contributed by atoms with Crippen molar-refractivity contribution >= 4 is 74.3 Å². The molecule has 2 heterocycles. The summed E-state index contributed by atoms with van der Waals surface area (Å²) in [5, 5.41) is 0. The molecule has 7 aromatic rings. The van der Waals surface area contributed by atoms with E-state index in [9.17, 15) is 0 Å². The minimum absolute atomic E-state index is 0.00508. The van der Waals surface area contributed by atoms with Crippen LogP contribution in [0.4, 0.5) is 51.2 Å². The molecule has 0 aromatic heterocycles. The van der Waals surface area contributed by atoms with E-state index in [4.69, 9.17) is 0 Å². The van der Waals surface area contributed by atoms with Crippen LogP contribution >= 0.6 is 0 Å². The number of rotatable bonds is 5. The number of benzene rings is 7. The van der Waals surface area contributed by atoms with Crippen LogP contribution in [0, 0.1) is 6.92 Å². The zero-order valence-electron chi connectivity index (χ0n) is 44.8. The van der Waals surface area contributed by atoms with Gasteiger partial charge in [-0.25, -0.2) is 0 Å². The van der Waals surface area contributed by atoms with Gasteiger partial charge in [0, 0.05) is 45.5 Å². The van der Waals surface area contributed by atoms with E-state index in [1.165, 1.54) is 95.9 Å². The van der Waals surface area contributed by atoms with Gasteiger partial charge in [-0.05, 0) is 181 Å². The highest BCUT2D eigenvalue weighted by atomic mass is 15.2. The first-order valence-corrected chi connectivity index (χ1v) is 26.1. The highest BCUT2D eigenvalue weighted by Crippen LogP contribution is 2.56. The number of fused-ring (bicyclic) bond motifs is 6. The molecular formula is C66H74BN3. The van der Waals surface area contributed by atoms with Crippen LogP contribution in [-0.2, 0) is 32.5 Å². The molecule has 4 aliphatic rings. The summed E-state index contributed by atoms with van der Waals surface area (Å²) in [6.07, 6.45) is 3.45. The normalized spacial score (nSPS) is 17.8. The van der Waals surface area contributed by atoms with Crippen LogP contribution in [0.5, 0.6) is 0 Å². The van der Waals surface area contributed by atoms with E-state index >= 15 is 0 Å². The Bertz CT molecular complexity index is 3190. The quantitative estimate of drug-likeness (QED) is 0.159. The second-order valence-corrected chi connectivity index (χ2v) is 26.2. The van der Waals surface area contributed by atoms with Crippen LogP contribution in [0.2, 0.25) is 0 Å². The largest absolute Gasteiger partial charge is 0.311 e. The van der Waals surface area contributed by atoms with Crippen LogP contribution in [0.25, 0.3) is 0 Å². The summed E-state index contributed by atoms with van der Waals surface area (Å²) in [5.41, 5.74) is 25.0. The van der Waals surface area contributed by atoms with E-state index in [-0.39, 0.29) is 39.2 Å². The molecule has 2 aliphatic heterocycles. The fourth-order valence-corrected chi connectivity index (χ4v) is 13.2. The Labute approximate surface area is 421 Å². The summed E-state index contributed by atoms with van der Waals surface area (Å²) in [6.45, 7) is 36.2. The molecule has 4 heteroatoms. The highest BCUT2D eigenvalue weighted by molar-refractivity contribution is 7.00. The lowest BCUT2D eigenvalue weighted by molar-refractivity contribution is 0.332. The zero-order valence-corrected chi connectivity index (χ0v) is 44.8. The average Bonchev–Trinajstić information content (AvgIpc) is 3.48. The van der Waals surface area contributed by atoms with Gasteiger partial charge in [0.25, 0.3) is 6.71 Å². The summed E-state index contributed by atoms with van der Waals surface area (Å²) in [5.74, 6) is 0. The van der Waals surface area contributed by atoms with Crippen molar-refractivity contribution in [2.75, 3.05) is 14.7 Å². The molecule has 2 aliphatic carbocycles. The fraction of sp³-hybridized carbons (Fsp3) is 0.364. The molecule has 11 rings (SSSR count). The Hall–Kier alpha value is -6.00. The monoisotopic (exact) mass is 920 g/mol. The predicted molar refractivity (Wildman–Crippen MR) is 303 cm³/mol. The predicted octanol–water partition coefficient (Wildman–Crippen LogP) is 16.5. The van der Waals surface area contributed by atoms with E-state index in [1.54, 1.807) is 0 Å². The van der Waals surface area contributed by atoms with Crippen molar-refractivity contribution in [3.63, 3.8) is 0 Å². The molecule has 0 atom stereocenters. The topological polar surface area (TPSA) is 9.72 Å². The standard InChI is InChI=1S/C66H74BN3/c1-42-33-49-52(66(14,15)41-65(49,12)13)39-55(42)70-57-40-51-50(63(8,9)31-32-64(51,10)11)38-54(57)67-53-30-29-44(62(5,6)7)35-56(53)69(47-28-22-23-43(34-47)61(2,3)4)58-36-48(37-59(70)60(58)67)68(45-24-18-16-19-25-45)46-26-20-17-21-27-46/h16-30,33-40H,31-32,41H2,1-15H3. The molecule has 3 nitrogen and oxygen atoms in total. The molecule has 0 radical (unpaired) electrons. The lowest BCUT2D eigenvalue weighted by Gasteiger charge is -2.48. The SMILES string of the molecule is Cc1cc2c(cc1N1c3cc4c(cc3B3c5ccc(C(C)(C)C)cc5N(c5cccc(C(C)(C)C)c5)c5cc(N(c6ccccc6)c6ccccc6)cc1c53)C(C)(C)CCC4(C)C)C(C)(C)CC2(C)C. The highest BCUT2D eigenvalue weighted by Gasteiger charge is 2.49. The molecule has 0 saturated heterocycles. The Balaban J connectivity index is 1.33. The van der Waals surface area contributed by atoms with Gasteiger partial charge >= 0.3 is 0 Å². The zero-order chi connectivity index (χ0) is 49.7. The minimum Gasteiger partial charge on any atom is -0.311 e. The maximum absolute atomic E-state index is 2.73. The number of aryl methyl sites for hydroxylation is 1. The van der Waals surface area contributed by atoms with Gasteiger partial charge in [-0.15, -0.1) is 0 Å². The molecule has 0 fully saturated rings. The Kier molecular flexibility index (Phi) is 10.3. The van der Waals surface area contributed by atoms with Gasteiger partial charge < -0.3 is 14.7 Å². The molecule has 356 valence electrons. The van der Waals surface area contributed by atoms with Crippen LogP contribution in [0.15, 0.2) is 140 Å². The Morgan fingerprint density at radius 2 is 0.929 bits per heavy atom. The van der Waals surface area contributed by atoms with E-state index in [0.29, 0.717) is 0 Å². The third-order valence-corrected chi connectivity index (χ3v) is 17.1. The van der Waals surface area contributed by atoms with E-state index in [0.717, 1.165) is 29.9 Å². The van der Waals surface area contributed by atoms with Gasteiger partial charge in [-0.3, -0.25) is 0 Å². The second kappa shape index (κ2) is 15.5. The van der Waals surface area contributed by atoms with Gasteiger partial charge in [0.2, 0.25) is 0 Å². The molecule has 70 heavy (non-hydrogen) atoms. The Morgan fingerprint density at radius 3 is 1.51 bits per heavy atom. The lowest BCUT2D eigenvalue weighted by Crippen LogP contribution is -2.62. The summed E-state index contributed by atoms with van der Waals surface area (Å²) in [4.78, 5) is 7.85. The van der Waals surface area contributed by atoms with Crippen molar-refractivity contribution < 1.29 is 0 Å². The molecule has 7 aromatic carbocycles. The maximum Gasteiger partial charge on any atom is 0.252 e. The van der Waals surface area contributed by atoms with E-state index in [1.807, 2.05) is 0 Å². The van der Waals surface area contributed by atoms with E-state index in [2.05, 4.69) is 258 Å². The number of para-hydroxylation sites is 2. The van der Waals surface area contributed by atoms with Crippen LogP contribution in [0.3, 0.4) is 0 Å². The lowest BCUT2D eigenvalue weighted by atomic mass is 9.33. The van der Waals surface area contributed by atoms with Crippen molar-refractivity contribution in [1.29, 1.82) is 0 Å². The summed E-state index contributed by atoms with van der Waals surface area (Å²) < 4.78 is 0. The van der Waals surface area contributed by atoms with Crippen molar-refractivity contribution in [1.82, 2.24) is 0 Å². The molecular weight excluding hydrogens is 846 g/mol. The average molecular weight is 920 g/mol. The number of hydrogen-bond donors (Lipinski definition) is 0. The first kappa shape index (κ1) is 46.4. The van der Waals surface area contributed by atoms with Gasteiger partial charge in [0.05, 0.1) is 5.69 Å². The smallest absolute Gasteiger partial charge is 0.252 e. The third kappa shape index (κ3) is 7.28. The van der Waals surface area contributed by atoms with Crippen LogP contribution in [0.1, 0.15) is 155 Å². The number of hydrogen-bond acceptors (Lipinski definition) is 3. The Morgan fingerprint density at radius 1 is 0.429 bits per heavy atom. The molecule has 0 spiro atoms. The first-order chi connectivity index (χ1) is 32.9. The fourth-order valence-electron chi connectivity index (χ4n) is 13.2. The number of anilines is 9. The first-order valence-electron chi connectivity index (χ1n) is 26.1. The maximum atomic E-state index is 2.73. The number of nitrogens with zero attached hydrogens (tertiary/aromatic N) is 3. The van der Waals surface area contributed by atoms with E-state index < -0.39 is 0 Å². The van der Waals surface area contributed by atoms with Gasteiger partial charge in [0.1, 0.15) is 0 Å². The second-order valence-electron chi connectivity index (χ2n) is 26.2. The molecule has 0 saturated carbocycles. The molecule has 0 amide bonds. The van der Waals surface area contributed by atoms with Gasteiger partial charge in [-0.1, -0.05) is 170 Å². The molecule has 0 N–H and O–H groups in total. The molecule has 0 bridgehead atoms. The summed E-state index contributed by atoms with van der Waals surface area (Å²) in [6, 6.07) is 54.4. The minimum atomic E-state index is -0.0535. The third-order valence-electron chi connectivity index (χ3n) is 17.1. The molecule has 0 unspecified atom stereocenters. The van der Waals surface area contributed by atoms with Crippen LogP contribution in [-0.4, -0.2) is 6.71 Å². The van der Waals surface area contributed by atoms with Crippen molar-refractivity contribution in [3.05, 3.63) is 178 Å². The summed E-state index contributed by atoms with van der Waals surface area (Å²) in [7, 11) is 0. The van der Waals surface area contributed by atoms with Gasteiger partial charge in [-0.2, -0.15) is 0 Å². The van der Waals surface area contributed by atoms with Crippen molar-refractivity contribution in [2.24, 2.45) is 0 Å². The van der Waals surface area contributed by atoms with Crippen molar-refractivity contribution in [2.45, 2.75) is 156 Å². The van der Waals surface area contributed by atoms with Gasteiger partial charge in [0.15, 0.2) is 0 Å². The van der Waals surface area contributed by atoms with Crippen molar-refractivity contribution in [3.8, 4) is 0 Å². The summed E-state index contributed by atoms with van der Waals surface area (Å²) >= 11 is 0. The van der Waals surface area contributed by atoms with Crippen LogP contribution < -0.4 is 31.1 Å².